The second-order valence-corrected chi connectivity index (χ2v) is 3.96. The van der Waals surface area contributed by atoms with Crippen molar-refractivity contribution in [3.63, 3.8) is 0 Å². The SMILES string of the molecule is CCN(CCC#N)C(=O)Nc1ccc(C(=O)O)cc1O. The van der Waals surface area contributed by atoms with Crippen molar-refractivity contribution in [3.05, 3.63) is 23.8 Å². The van der Waals surface area contributed by atoms with E-state index in [1.807, 2.05) is 6.07 Å². The highest BCUT2D eigenvalue weighted by Crippen LogP contribution is 2.24. The fourth-order valence-electron chi connectivity index (χ4n) is 1.55. The van der Waals surface area contributed by atoms with E-state index in [9.17, 15) is 14.7 Å². The van der Waals surface area contributed by atoms with Crippen LogP contribution in [0.4, 0.5) is 10.5 Å². The molecular formula is C13H15N3O4. The lowest BCUT2D eigenvalue weighted by molar-refractivity contribution is 0.0696. The molecule has 7 nitrogen and oxygen atoms in total. The van der Waals surface area contributed by atoms with Gasteiger partial charge in [-0.2, -0.15) is 5.26 Å². The first-order valence-electron chi connectivity index (χ1n) is 5.98. The number of phenolic OH excluding ortho intramolecular Hbond substituents is 1. The van der Waals surface area contributed by atoms with Crippen LogP contribution in [0.1, 0.15) is 23.7 Å². The molecule has 0 bridgehead atoms. The summed E-state index contributed by atoms with van der Waals surface area (Å²) < 4.78 is 0. The molecule has 7 heteroatoms. The molecule has 20 heavy (non-hydrogen) atoms. The minimum atomic E-state index is -1.16. The Labute approximate surface area is 116 Å². The van der Waals surface area contributed by atoms with Crippen LogP contribution in [-0.4, -0.2) is 40.2 Å². The number of aromatic hydroxyl groups is 1. The molecule has 0 saturated heterocycles. The lowest BCUT2D eigenvalue weighted by Crippen LogP contribution is -2.35. The summed E-state index contributed by atoms with van der Waals surface area (Å²) in [6.07, 6.45) is 0.213. The highest BCUT2D eigenvalue weighted by atomic mass is 16.4. The minimum Gasteiger partial charge on any atom is -0.506 e. The molecule has 1 rings (SSSR count). The van der Waals surface area contributed by atoms with E-state index in [1.54, 1.807) is 6.92 Å². The van der Waals surface area contributed by atoms with E-state index < -0.39 is 12.0 Å². The number of carbonyl (C=O) groups is 2. The number of carboxylic acid groups (broad SMARTS) is 1. The monoisotopic (exact) mass is 277 g/mol. The third kappa shape index (κ3) is 3.88. The van der Waals surface area contributed by atoms with E-state index in [-0.39, 0.29) is 30.0 Å². The number of nitriles is 1. The van der Waals surface area contributed by atoms with Crippen molar-refractivity contribution in [3.8, 4) is 11.8 Å². The number of anilines is 1. The van der Waals surface area contributed by atoms with Crippen molar-refractivity contribution < 1.29 is 19.8 Å². The zero-order valence-corrected chi connectivity index (χ0v) is 11.0. The van der Waals surface area contributed by atoms with Crippen LogP contribution in [0.25, 0.3) is 0 Å². The van der Waals surface area contributed by atoms with E-state index in [0.717, 1.165) is 6.07 Å². The number of hydrogen-bond acceptors (Lipinski definition) is 4. The van der Waals surface area contributed by atoms with Gasteiger partial charge in [-0.25, -0.2) is 9.59 Å². The lowest BCUT2D eigenvalue weighted by atomic mass is 10.2. The van der Waals surface area contributed by atoms with Crippen LogP contribution < -0.4 is 5.32 Å². The first-order chi connectivity index (χ1) is 9.49. The van der Waals surface area contributed by atoms with Gasteiger partial charge in [-0.15, -0.1) is 0 Å². The van der Waals surface area contributed by atoms with Gasteiger partial charge in [-0.1, -0.05) is 0 Å². The van der Waals surface area contributed by atoms with Crippen LogP contribution >= 0.6 is 0 Å². The van der Waals surface area contributed by atoms with E-state index in [0.29, 0.717) is 6.54 Å². The Morgan fingerprint density at radius 1 is 1.45 bits per heavy atom. The number of urea groups is 1. The largest absolute Gasteiger partial charge is 0.506 e. The predicted octanol–water partition coefficient (Wildman–Crippen LogP) is 1.86. The Kier molecular flexibility index (Phi) is 5.35. The molecule has 0 spiro atoms. The molecule has 1 aromatic carbocycles. The van der Waals surface area contributed by atoms with E-state index >= 15 is 0 Å². The maximum Gasteiger partial charge on any atom is 0.335 e. The third-order valence-electron chi connectivity index (χ3n) is 2.65. The van der Waals surface area contributed by atoms with Gasteiger partial charge in [0.1, 0.15) is 5.75 Å². The van der Waals surface area contributed by atoms with E-state index in [4.69, 9.17) is 10.4 Å². The Hall–Kier alpha value is -2.75. The highest BCUT2D eigenvalue weighted by molar-refractivity contribution is 5.93. The number of rotatable bonds is 5. The molecule has 2 amide bonds. The fourth-order valence-corrected chi connectivity index (χ4v) is 1.55. The molecule has 0 aliphatic carbocycles. The Bertz CT molecular complexity index is 551. The van der Waals surface area contributed by atoms with Gasteiger partial charge in [0.2, 0.25) is 0 Å². The molecular weight excluding hydrogens is 262 g/mol. The lowest BCUT2D eigenvalue weighted by Gasteiger charge is -2.20. The van der Waals surface area contributed by atoms with E-state index in [2.05, 4.69) is 5.32 Å². The van der Waals surface area contributed by atoms with Crippen molar-refractivity contribution in [1.82, 2.24) is 4.90 Å². The zero-order chi connectivity index (χ0) is 15.1. The molecule has 0 heterocycles. The highest BCUT2D eigenvalue weighted by Gasteiger charge is 2.14. The number of phenols is 1. The molecule has 1 aromatic rings. The zero-order valence-electron chi connectivity index (χ0n) is 11.0. The second kappa shape index (κ2) is 6.99. The van der Waals surface area contributed by atoms with Gasteiger partial charge in [0.05, 0.1) is 23.7 Å². The summed E-state index contributed by atoms with van der Waals surface area (Å²) in [5.41, 5.74) is 0.0488. The van der Waals surface area contributed by atoms with Crippen LogP contribution in [0.2, 0.25) is 0 Å². The Morgan fingerprint density at radius 3 is 2.65 bits per heavy atom. The predicted molar refractivity (Wildman–Crippen MR) is 71.6 cm³/mol. The normalized spacial score (nSPS) is 9.60. The number of nitrogens with one attached hydrogen (secondary N) is 1. The topological polar surface area (TPSA) is 114 Å². The first-order valence-corrected chi connectivity index (χ1v) is 5.98. The van der Waals surface area contributed by atoms with Gasteiger partial charge in [0.15, 0.2) is 0 Å². The van der Waals surface area contributed by atoms with Gasteiger partial charge in [0.25, 0.3) is 0 Å². The fraction of sp³-hybridized carbons (Fsp3) is 0.308. The number of hydrogen-bond donors (Lipinski definition) is 3. The summed E-state index contributed by atoms with van der Waals surface area (Å²) in [5, 5.41) is 29.4. The van der Waals surface area contributed by atoms with Gasteiger partial charge >= 0.3 is 12.0 Å². The van der Waals surface area contributed by atoms with Gasteiger partial charge in [-0.3, -0.25) is 0 Å². The number of benzene rings is 1. The molecule has 0 aromatic heterocycles. The summed E-state index contributed by atoms with van der Waals surface area (Å²) in [4.78, 5) is 24.0. The summed E-state index contributed by atoms with van der Waals surface area (Å²) in [6.45, 7) is 2.47. The molecule has 0 radical (unpaired) electrons. The number of carboxylic acids is 1. The van der Waals surface area contributed by atoms with Gasteiger partial charge < -0.3 is 20.4 Å². The number of nitrogens with zero attached hydrogens (tertiary/aromatic N) is 2. The standard InChI is InChI=1S/C13H15N3O4/c1-2-16(7-3-6-14)13(20)15-10-5-4-9(12(18)19)8-11(10)17/h4-5,8,17H,2-3,7H2,1H3,(H,15,20)(H,18,19). The number of carbonyl (C=O) groups excluding carboxylic acids is 1. The Balaban J connectivity index is 2.80. The molecule has 0 aliphatic heterocycles. The summed E-state index contributed by atoms with van der Waals surface area (Å²) >= 11 is 0. The van der Waals surface area contributed by atoms with Crippen molar-refractivity contribution in [2.75, 3.05) is 18.4 Å². The maximum absolute atomic E-state index is 11.9. The molecule has 3 N–H and O–H groups in total. The summed E-state index contributed by atoms with van der Waals surface area (Å²) in [6, 6.07) is 5.14. The van der Waals surface area contributed by atoms with Crippen LogP contribution in [0.5, 0.6) is 5.75 Å². The van der Waals surface area contributed by atoms with Crippen molar-refractivity contribution in [2.45, 2.75) is 13.3 Å². The average Bonchev–Trinajstić information content (AvgIpc) is 2.41. The maximum atomic E-state index is 11.9. The van der Waals surface area contributed by atoms with Crippen LogP contribution in [0, 0.1) is 11.3 Å². The third-order valence-corrected chi connectivity index (χ3v) is 2.65. The average molecular weight is 277 g/mol. The summed E-state index contributed by atoms with van der Waals surface area (Å²) in [5.74, 6) is -1.49. The van der Waals surface area contributed by atoms with Crippen molar-refractivity contribution >= 4 is 17.7 Å². The molecule has 0 saturated carbocycles. The Morgan fingerprint density at radius 2 is 2.15 bits per heavy atom. The summed E-state index contributed by atoms with van der Waals surface area (Å²) in [7, 11) is 0. The van der Waals surface area contributed by atoms with Crippen LogP contribution in [0.3, 0.4) is 0 Å². The molecule has 106 valence electrons. The minimum absolute atomic E-state index is 0.0719. The van der Waals surface area contributed by atoms with Crippen molar-refractivity contribution in [1.29, 1.82) is 5.26 Å². The first kappa shape index (κ1) is 15.3. The van der Waals surface area contributed by atoms with Crippen LogP contribution in [-0.2, 0) is 0 Å². The van der Waals surface area contributed by atoms with Crippen LogP contribution in [0.15, 0.2) is 18.2 Å². The van der Waals surface area contributed by atoms with Gasteiger partial charge in [0, 0.05) is 13.1 Å². The van der Waals surface area contributed by atoms with Gasteiger partial charge in [-0.05, 0) is 25.1 Å². The van der Waals surface area contributed by atoms with E-state index in [1.165, 1.54) is 17.0 Å². The molecule has 0 aliphatic rings. The molecule has 0 fully saturated rings. The molecule has 0 unspecified atom stereocenters. The molecule has 0 atom stereocenters. The number of aromatic carboxylic acids is 1. The smallest absolute Gasteiger partial charge is 0.335 e. The van der Waals surface area contributed by atoms with Crippen molar-refractivity contribution in [2.24, 2.45) is 0 Å². The quantitative estimate of drug-likeness (QED) is 0.711. The second-order valence-electron chi connectivity index (χ2n) is 3.96. The number of amides is 2.